The van der Waals surface area contributed by atoms with Crippen LogP contribution in [-0.4, -0.2) is 17.8 Å². The van der Waals surface area contributed by atoms with Gasteiger partial charge in [-0.15, -0.1) is 0 Å². The Kier molecular flexibility index (Phi) is 3.24. The van der Waals surface area contributed by atoms with Gasteiger partial charge in [0, 0.05) is 18.1 Å². The van der Waals surface area contributed by atoms with Crippen molar-refractivity contribution >= 4 is 11.6 Å². The van der Waals surface area contributed by atoms with E-state index in [2.05, 4.69) is 0 Å². The number of hydrogen-bond donors (Lipinski definition) is 1. The fourth-order valence-corrected chi connectivity index (χ4v) is 2.05. The van der Waals surface area contributed by atoms with Crippen LogP contribution in [0.15, 0.2) is 18.2 Å². The average molecular weight is 231 g/mol. The summed E-state index contributed by atoms with van der Waals surface area (Å²) >= 11 is 5.91. The van der Waals surface area contributed by atoms with Crippen LogP contribution in [0.3, 0.4) is 0 Å². The molecule has 15 heavy (non-hydrogen) atoms. The Labute approximate surface area is 92.6 Å². The van der Waals surface area contributed by atoms with Crippen molar-refractivity contribution in [3.63, 3.8) is 0 Å². The van der Waals surface area contributed by atoms with E-state index in [9.17, 15) is 9.50 Å². The maximum absolute atomic E-state index is 12.8. The van der Waals surface area contributed by atoms with Gasteiger partial charge in [-0.1, -0.05) is 17.7 Å². The van der Waals surface area contributed by atoms with Gasteiger partial charge in [0.2, 0.25) is 0 Å². The molecule has 2 unspecified atom stereocenters. The van der Waals surface area contributed by atoms with Crippen molar-refractivity contribution < 1.29 is 14.2 Å². The van der Waals surface area contributed by atoms with Crippen molar-refractivity contribution in [2.24, 2.45) is 0 Å². The molecule has 1 aromatic carbocycles. The van der Waals surface area contributed by atoms with E-state index in [4.69, 9.17) is 16.3 Å². The van der Waals surface area contributed by atoms with Crippen LogP contribution in [0.4, 0.5) is 4.39 Å². The molecule has 1 N–H and O–H groups in total. The number of ether oxygens (including phenoxy) is 1. The van der Waals surface area contributed by atoms with Gasteiger partial charge in [0.1, 0.15) is 5.82 Å². The van der Waals surface area contributed by atoms with Crippen molar-refractivity contribution in [1.29, 1.82) is 0 Å². The summed E-state index contributed by atoms with van der Waals surface area (Å²) in [4.78, 5) is 0. The van der Waals surface area contributed by atoms with Crippen molar-refractivity contribution in [2.75, 3.05) is 6.61 Å². The number of hydrogen-bond acceptors (Lipinski definition) is 2. The second-order valence-corrected chi connectivity index (χ2v) is 4.11. The predicted molar refractivity (Wildman–Crippen MR) is 55.3 cm³/mol. The molecule has 0 radical (unpaired) electrons. The molecular formula is C11H12ClFO2. The van der Waals surface area contributed by atoms with Gasteiger partial charge in [0.25, 0.3) is 0 Å². The summed E-state index contributed by atoms with van der Waals surface area (Å²) in [6, 6.07) is 4.23. The molecule has 4 heteroatoms. The van der Waals surface area contributed by atoms with Crippen LogP contribution >= 0.6 is 11.6 Å². The Morgan fingerprint density at radius 2 is 2.27 bits per heavy atom. The molecule has 1 saturated heterocycles. The Morgan fingerprint density at radius 1 is 1.47 bits per heavy atom. The summed E-state index contributed by atoms with van der Waals surface area (Å²) in [5, 5.41) is 9.84. The highest BCUT2D eigenvalue weighted by atomic mass is 35.5. The van der Waals surface area contributed by atoms with Crippen molar-refractivity contribution in [1.82, 2.24) is 0 Å². The monoisotopic (exact) mass is 230 g/mol. The number of halogens is 2. The molecule has 1 aromatic rings. The van der Waals surface area contributed by atoms with E-state index >= 15 is 0 Å². The second-order valence-electron chi connectivity index (χ2n) is 3.70. The molecule has 1 aliphatic rings. The number of aliphatic hydroxyl groups excluding tert-OH is 1. The minimum Gasteiger partial charge on any atom is -0.393 e. The first-order chi connectivity index (χ1) is 7.16. The topological polar surface area (TPSA) is 29.5 Å². The molecule has 0 bridgehead atoms. The number of aliphatic hydroxyl groups is 1. The zero-order valence-corrected chi connectivity index (χ0v) is 8.88. The lowest BCUT2D eigenvalue weighted by Gasteiger charge is -2.27. The molecule has 0 aliphatic carbocycles. The third-order valence-electron chi connectivity index (χ3n) is 2.57. The summed E-state index contributed by atoms with van der Waals surface area (Å²) in [6.45, 7) is 0.513. The van der Waals surface area contributed by atoms with Crippen LogP contribution in [0.25, 0.3) is 0 Å². The Morgan fingerprint density at radius 3 is 2.93 bits per heavy atom. The van der Waals surface area contributed by atoms with Crippen LogP contribution < -0.4 is 0 Å². The summed E-state index contributed by atoms with van der Waals surface area (Å²) in [6.07, 6.45) is 0.590. The molecule has 0 saturated carbocycles. The van der Waals surface area contributed by atoms with Gasteiger partial charge in [-0.25, -0.2) is 4.39 Å². The lowest BCUT2D eigenvalue weighted by molar-refractivity contribution is -0.0447. The van der Waals surface area contributed by atoms with Crippen molar-refractivity contribution in [3.8, 4) is 0 Å². The third-order valence-corrected chi connectivity index (χ3v) is 2.89. The van der Waals surface area contributed by atoms with Crippen LogP contribution in [0, 0.1) is 5.82 Å². The minimum absolute atomic E-state index is 0.221. The van der Waals surface area contributed by atoms with Gasteiger partial charge < -0.3 is 9.84 Å². The van der Waals surface area contributed by atoms with Crippen LogP contribution in [0.5, 0.6) is 0 Å². The van der Waals surface area contributed by atoms with E-state index in [1.807, 2.05) is 0 Å². The largest absolute Gasteiger partial charge is 0.393 e. The van der Waals surface area contributed by atoms with Gasteiger partial charge in [-0.2, -0.15) is 0 Å². The first-order valence-corrected chi connectivity index (χ1v) is 5.29. The summed E-state index contributed by atoms with van der Waals surface area (Å²) in [7, 11) is 0. The van der Waals surface area contributed by atoms with E-state index in [1.165, 1.54) is 12.1 Å². The normalized spacial score (nSPS) is 26.6. The smallest absolute Gasteiger partial charge is 0.124 e. The lowest BCUT2D eigenvalue weighted by Crippen LogP contribution is -2.23. The number of benzene rings is 1. The molecule has 2 nitrogen and oxygen atoms in total. The van der Waals surface area contributed by atoms with E-state index in [0.717, 1.165) is 5.56 Å². The first-order valence-electron chi connectivity index (χ1n) is 4.91. The maximum Gasteiger partial charge on any atom is 0.124 e. The molecule has 0 spiro atoms. The fraction of sp³-hybridized carbons (Fsp3) is 0.455. The number of rotatable bonds is 1. The van der Waals surface area contributed by atoms with Gasteiger partial charge in [0.05, 0.1) is 12.2 Å². The zero-order chi connectivity index (χ0) is 10.8. The molecule has 2 rings (SSSR count). The maximum atomic E-state index is 12.8. The van der Waals surface area contributed by atoms with Crippen molar-refractivity contribution in [3.05, 3.63) is 34.6 Å². The minimum atomic E-state index is -0.361. The van der Waals surface area contributed by atoms with E-state index in [-0.39, 0.29) is 18.0 Å². The highest BCUT2D eigenvalue weighted by molar-refractivity contribution is 6.31. The van der Waals surface area contributed by atoms with Gasteiger partial charge in [-0.05, 0) is 24.1 Å². The standard InChI is InChI=1S/C11H12ClFO2/c12-10-5-7(13)1-2-9(10)11-6-8(14)3-4-15-11/h1-2,5,8,11,14H,3-4,6H2. The van der Waals surface area contributed by atoms with Crippen LogP contribution in [0.1, 0.15) is 24.5 Å². The molecule has 1 aliphatic heterocycles. The summed E-state index contributed by atoms with van der Waals surface area (Å²) < 4.78 is 18.3. The Balaban J connectivity index is 2.21. The van der Waals surface area contributed by atoms with Gasteiger partial charge >= 0.3 is 0 Å². The average Bonchev–Trinajstić information content (AvgIpc) is 2.17. The van der Waals surface area contributed by atoms with E-state index in [1.54, 1.807) is 6.07 Å². The predicted octanol–water partition coefficient (Wildman–Crippen LogP) is 2.69. The van der Waals surface area contributed by atoms with Gasteiger partial charge in [-0.3, -0.25) is 0 Å². The summed E-state index contributed by atoms with van der Waals surface area (Å²) in [5.74, 6) is -0.361. The van der Waals surface area contributed by atoms with Gasteiger partial charge in [0.15, 0.2) is 0 Å². The van der Waals surface area contributed by atoms with Crippen molar-refractivity contribution in [2.45, 2.75) is 25.0 Å². The summed E-state index contributed by atoms with van der Waals surface area (Å²) in [5.41, 5.74) is 0.747. The lowest BCUT2D eigenvalue weighted by atomic mass is 9.99. The SMILES string of the molecule is OC1CCOC(c2ccc(F)cc2Cl)C1. The van der Waals surface area contributed by atoms with Crippen LogP contribution in [0.2, 0.25) is 5.02 Å². The quantitative estimate of drug-likeness (QED) is 0.804. The molecule has 1 fully saturated rings. The molecule has 0 aromatic heterocycles. The zero-order valence-electron chi connectivity index (χ0n) is 8.12. The first kappa shape index (κ1) is 10.9. The molecule has 2 atom stereocenters. The molecule has 0 amide bonds. The Hall–Kier alpha value is -0.640. The molecular weight excluding hydrogens is 219 g/mol. The molecule has 1 heterocycles. The molecule has 82 valence electrons. The Bertz CT molecular complexity index is 356. The van der Waals surface area contributed by atoms with E-state index in [0.29, 0.717) is 24.5 Å². The van der Waals surface area contributed by atoms with E-state index < -0.39 is 0 Å². The highest BCUT2D eigenvalue weighted by Gasteiger charge is 2.24. The van der Waals surface area contributed by atoms with Crippen LogP contribution in [-0.2, 0) is 4.74 Å². The second kappa shape index (κ2) is 4.47. The fourth-order valence-electron chi connectivity index (χ4n) is 1.76. The highest BCUT2D eigenvalue weighted by Crippen LogP contribution is 2.32. The third kappa shape index (κ3) is 2.48.